The van der Waals surface area contributed by atoms with E-state index in [1.165, 1.54) is 39.1 Å². The summed E-state index contributed by atoms with van der Waals surface area (Å²) < 4.78 is 13.8. The molecule has 3 aromatic heterocycles. The second-order valence-electron chi connectivity index (χ2n) is 12.5. The van der Waals surface area contributed by atoms with Gasteiger partial charge in [0.2, 0.25) is 0 Å². The van der Waals surface area contributed by atoms with Gasteiger partial charge in [0, 0.05) is 29.8 Å². The summed E-state index contributed by atoms with van der Waals surface area (Å²) in [6.07, 6.45) is 5.52. The van der Waals surface area contributed by atoms with E-state index in [2.05, 4.69) is 90.3 Å². The van der Waals surface area contributed by atoms with Gasteiger partial charge in [0.1, 0.15) is 0 Å². The van der Waals surface area contributed by atoms with Crippen molar-refractivity contribution in [1.82, 2.24) is 15.0 Å². The second kappa shape index (κ2) is 14.2. The monoisotopic (exact) mass is 815 g/mol. The maximum absolute atomic E-state index is 13.8. The average molecular weight is 815 g/mol. The Morgan fingerprint density at radius 2 is 1.39 bits per heavy atom. The van der Waals surface area contributed by atoms with E-state index < -0.39 is 0 Å². The Bertz CT molecular complexity index is 2290. The molecule has 1 aliphatic rings. The summed E-state index contributed by atoms with van der Waals surface area (Å²) in [5.74, 6) is -0.256. The van der Waals surface area contributed by atoms with Crippen LogP contribution in [0.2, 0.25) is 0 Å². The van der Waals surface area contributed by atoms with Crippen LogP contribution in [0.15, 0.2) is 128 Å². The standard InChI is InChI=1S/C20H13FN.C13H12N.C11H8N.Ir/c1-20(2)15-5-3-4-12-14-10-11(21)6-7-13(14)19-18(17(12)15)16(20)8-9-22-19;1-10-3-6-12(7-4-10)13-8-5-11(2)9-14-13;1-2-6-10(7-3-1)11-8-4-5-9-12-11;/h3-6,8-10H,1-2H3;3-6,8-9H,1-2H3;1-6,8-9H;/q3*-1;+3. The van der Waals surface area contributed by atoms with E-state index in [1.54, 1.807) is 12.3 Å². The van der Waals surface area contributed by atoms with Crippen LogP contribution in [0.1, 0.15) is 36.1 Å². The number of benzene rings is 5. The first kappa shape index (κ1) is 33.8. The summed E-state index contributed by atoms with van der Waals surface area (Å²) in [6.45, 7) is 8.58. The molecular formula is C44H33FIrN3. The molecule has 0 aliphatic heterocycles. The van der Waals surface area contributed by atoms with Crippen LogP contribution >= 0.6 is 0 Å². The van der Waals surface area contributed by atoms with Gasteiger partial charge in [0.05, 0.1) is 0 Å². The molecule has 0 bridgehead atoms. The number of hydrogen-bond acceptors (Lipinski definition) is 3. The van der Waals surface area contributed by atoms with Gasteiger partial charge in [-0.3, -0.25) is 4.39 Å². The van der Waals surface area contributed by atoms with Crippen LogP contribution in [0, 0.1) is 37.9 Å². The molecule has 0 amide bonds. The summed E-state index contributed by atoms with van der Waals surface area (Å²) in [7, 11) is 0. The number of halogens is 1. The number of fused-ring (bicyclic) bond motifs is 3. The molecule has 49 heavy (non-hydrogen) atoms. The van der Waals surface area contributed by atoms with Crippen molar-refractivity contribution in [2.45, 2.75) is 33.1 Å². The van der Waals surface area contributed by atoms with E-state index in [-0.39, 0.29) is 31.3 Å². The zero-order chi connectivity index (χ0) is 33.3. The third-order valence-corrected chi connectivity index (χ3v) is 8.85. The fourth-order valence-corrected chi connectivity index (χ4v) is 6.38. The number of pyridine rings is 3. The van der Waals surface area contributed by atoms with Crippen LogP contribution in [0.5, 0.6) is 0 Å². The van der Waals surface area contributed by atoms with Gasteiger partial charge < -0.3 is 15.0 Å². The molecule has 5 heteroatoms. The summed E-state index contributed by atoms with van der Waals surface area (Å²) in [5, 5.41) is 5.31. The van der Waals surface area contributed by atoms with Crippen LogP contribution in [0.4, 0.5) is 4.39 Å². The quantitative estimate of drug-likeness (QED) is 0.129. The molecule has 1 aliphatic carbocycles. The van der Waals surface area contributed by atoms with Gasteiger partial charge in [-0.2, -0.15) is 0 Å². The first-order valence-electron chi connectivity index (χ1n) is 16.0. The molecule has 3 heterocycles. The zero-order valence-corrected chi connectivity index (χ0v) is 30.1. The number of nitrogens with zero attached hydrogens (tertiary/aromatic N) is 3. The Balaban J connectivity index is 0.000000134. The molecule has 0 fully saturated rings. The van der Waals surface area contributed by atoms with Gasteiger partial charge in [-0.1, -0.05) is 74.0 Å². The van der Waals surface area contributed by atoms with Crippen molar-refractivity contribution in [3.63, 3.8) is 0 Å². The van der Waals surface area contributed by atoms with Crippen molar-refractivity contribution < 1.29 is 24.5 Å². The van der Waals surface area contributed by atoms with Crippen molar-refractivity contribution in [3.8, 4) is 22.5 Å². The van der Waals surface area contributed by atoms with E-state index >= 15 is 0 Å². The number of hydrogen-bond donors (Lipinski definition) is 0. The summed E-state index contributed by atoms with van der Waals surface area (Å²) in [4.78, 5) is 13.2. The molecular weight excluding hydrogens is 782 g/mol. The minimum atomic E-state index is -0.256. The summed E-state index contributed by atoms with van der Waals surface area (Å²) in [5.41, 5.74) is 9.91. The van der Waals surface area contributed by atoms with E-state index in [1.807, 2.05) is 80.0 Å². The van der Waals surface area contributed by atoms with Crippen LogP contribution in [0.25, 0.3) is 55.0 Å². The molecule has 0 saturated heterocycles. The molecule has 0 atom stereocenters. The predicted octanol–water partition coefficient (Wildman–Crippen LogP) is 10.8. The SMILES string of the molecule is CC1(C)c2cccc3c4cc(F)c[c-]c4c4nccc1c4c23.Cc1c[c-]c(-c2ccc(C)cn2)cc1.[Ir+3].[c-]1ccccc1-c1ccccn1. The first-order valence-corrected chi connectivity index (χ1v) is 16.0. The molecule has 0 radical (unpaired) electrons. The van der Waals surface area contributed by atoms with Gasteiger partial charge >= 0.3 is 20.1 Å². The largest absolute Gasteiger partial charge is 3.00 e. The minimum Gasteiger partial charge on any atom is -0.305 e. The third-order valence-electron chi connectivity index (χ3n) is 8.85. The van der Waals surface area contributed by atoms with E-state index in [0.29, 0.717) is 0 Å². The van der Waals surface area contributed by atoms with Crippen molar-refractivity contribution in [2.24, 2.45) is 0 Å². The number of aryl methyl sites for hydroxylation is 2. The first-order chi connectivity index (χ1) is 23.3. The molecule has 0 saturated carbocycles. The molecule has 3 nitrogen and oxygen atoms in total. The van der Waals surface area contributed by atoms with Crippen LogP contribution in [-0.2, 0) is 25.5 Å². The molecule has 0 spiro atoms. The summed E-state index contributed by atoms with van der Waals surface area (Å²) >= 11 is 0. The van der Waals surface area contributed by atoms with Gasteiger partial charge in [-0.05, 0) is 63.4 Å². The topological polar surface area (TPSA) is 38.7 Å². The molecule has 9 rings (SSSR count). The Morgan fingerprint density at radius 3 is 2.10 bits per heavy atom. The second-order valence-corrected chi connectivity index (χ2v) is 12.5. The van der Waals surface area contributed by atoms with E-state index in [9.17, 15) is 4.39 Å². The maximum Gasteiger partial charge on any atom is 3.00 e. The zero-order valence-electron chi connectivity index (χ0n) is 27.7. The molecule has 8 aromatic rings. The fourth-order valence-electron chi connectivity index (χ4n) is 6.38. The molecule has 240 valence electrons. The van der Waals surface area contributed by atoms with Crippen LogP contribution in [-0.4, -0.2) is 15.0 Å². The normalized spacial score (nSPS) is 12.2. The van der Waals surface area contributed by atoms with Gasteiger partial charge in [-0.15, -0.1) is 94.9 Å². The fraction of sp³-hybridized carbons (Fsp3) is 0.114. The molecule has 5 aromatic carbocycles. The Hall–Kier alpha value is -5.09. The Kier molecular flexibility index (Phi) is 9.78. The average Bonchev–Trinajstić information content (AvgIpc) is 3.37. The maximum atomic E-state index is 13.8. The van der Waals surface area contributed by atoms with Crippen molar-refractivity contribution in [2.75, 3.05) is 0 Å². The van der Waals surface area contributed by atoms with Crippen molar-refractivity contribution in [1.29, 1.82) is 0 Å². The Morgan fingerprint density at radius 1 is 0.612 bits per heavy atom. The van der Waals surface area contributed by atoms with Gasteiger partial charge in [-0.25, -0.2) is 0 Å². The van der Waals surface area contributed by atoms with Crippen molar-refractivity contribution in [3.05, 3.63) is 174 Å². The number of aromatic nitrogens is 3. The third kappa shape index (κ3) is 6.65. The predicted molar refractivity (Wildman–Crippen MR) is 194 cm³/mol. The van der Waals surface area contributed by atoms with Gasteiger partial charge in [0.15, 0.2) is 0 Å². The van der Waals surface area contributed by atoms with Crippen molar-refractivity contribution >= 4 is 32.4 Å². The summed E-state index contributed by atoms with van der Waals surface area (Å²) in [6, 6.07) is 44.7. The number of rotatable bonds is 2. The van der Waals surface area contributed by atoms with E-state index in [4.69, 9.17) is 0 Å². The molecule has 0 unspecified atom stereocenters. The molecule has 0 N–H and O–H groups in total. The minimum absolute atomic E-state index is 0. The smallest absolute Gasteiger partial charge is 0.305 e. The van der Waals surface area contributed by atoms with Crippen LogP contribution < -0.4 is 0 Å². The van der Waals surface area contributed by atoms with Gasteiger partial charge in [0.25, 0.3) is 0 Å². The Labute approximate surface area is 300 Å². The van der Waals surface area contributed by atoms with E-state index in [0.717, 1.165) is 44.2 Å². The van der Waals surface area contributed by atoms with Crippen LogP contribution in [0.3, 0.4) is 0 Å².